The molecule has 6 rings (SSSR count). The second kappa shape index (κ2) is 10.8. The molecule has 3 aliphatic rings. The topological polar surface area (TPSA) is 84.3 Å². The molecule has 4 heterocycles. The molecular weight excluding hydrogens is 474 g/mol. The van der Waals surface area contributed by atoms with Crippen molar-refractivity contribution in [2.45, 2.75) is 13.0 Å². The van der Waals surface area contributed by atoms with Crippen LogP contribution in [0.25, 0.3) is 11.3 Å². The number of aryl methyl sites for hydroxylation is 1. The highest BCUT2D eigenvalue weighted by atomic mass is 16.5. The molecule has 0 bridgehead atoms. The minimum atomic E-state index is -0.301. The predicted molar refractivity (Wildman–Crippen MR) is 137 cm³/mol. The first kappa shape index (κ1) is 23.8. The van der Waals surface area contributed by atoms with Crippen molar-refractivity contribution in [3.05, 3.63) is 64.6 Å². The molecule has 0 saturated carbocycles. The fourth-order valence-electron chi connectivity index (χ4n) is 4.92. The van der Waals surface area contributed by atoms with Gasteiger partial charge in [-0.3, -0.25) is 9.47 Å². The fourth-order valence-corrected chi connectivity index (χ4v) is 4.92. The molecule has 0 aliphatic carbocycles. The van der Waals surface area contributed by atoms with Gasteiger partial charge in [0, 0.05) is 37.8 Å². The second-order valence-corrected chi connectivity index (χ2v) is 9.53. The summed E-state index contributed by atoms with van der Waals surface area (Å²) in [4.78, 5) is 19.3. The molecule has 1 saturated heterocycles. The molecule has 0 unspecified atom stereocenters. The molecular formula is C28H31N3O6. The monoisotopic (exact) mass is 505 g/mol. The Morgan fingerprint density at radius 3 is 2.51 bits per heavy atom. The van der Waals surface area contributed by atoms with Crippen molar-refractivity contribution in [2.24, 2.45) is 5.92 Å². The van der Waals surface area contributed by atoms with E-state index in [9.17, 15) is 4.79 Å². The number of hydrogen-bond acceptors (Lipinski definition) is 8. The lowest BCUT2D eigenvalue weighted by molar-refractivity contribution is 0.0322. The summed E-state index contributed by atoms with van der Waals surface area (Å²) < 4.78 is 30.9. The number of benzene rings is 2. The molecule has 3 aromatic rings. The fraction of sp³-hybridized carbons (Fsp3) is 0.429. The van der Waals surface area contributed by atoms with E-state index >= 15 is 0 Å². The summed E-state index contributed by atoms with van der Waals surface area (Å²) in [5.74, 6) is 2.64. The summed E-state index contributed by atoms with van der Waals surface area (Å²) in [7, 11) is 0. The lowest BCUT2D eigenvalue weighted by Gasteiger charge is -2.26. The average molecular weight is 506 g/mol. The highest BCUT2D eigenvalue weighted by Gasteiger charge is 2.22. The van der Waals surface area contributed by atoms with Crippen molar-refractivity contribution in [2.75, 3.05) is 59.3 Å². The number of aromatic nitrogens is 2. The summed E-state index contributed by atoms with van der Waals surface area (Å²) in [5.41, 5.74) is 2.68. The first-order chi connectivity index (χ1) is 18.2. The van der Waals surface area contributed by atoms with E-state index in [0.717, 1.165) is 73.3 Å². The van der Waals surface area contributed by atoms with E-state index in [0.29, 0.717) is 38.9 Å². The van der Waals surface area contributed by atoms with E-state index in [1.54, 1.807) is 4.57 Å². The molecule has 9 nitrogen and oxygen atoms in total. The van der Waals surface area contributed by atoms with E-state index < -0.39 is 0 Å². The van der Waals surface area contributed by atoms with E-state index in [2.05, 4.69) is 16.0 Å². The second-order valence-electron chi connectivity index (χ2n) is 9.53. The van der Waals surface area contributed by atoms with Gasteiger partial charge in [0.15, 0.2) is 11.5 Å². The molecule has 0 spiro atoms. The van der Waals surface area contributed by atoms with Crippen LogP contribution in [0.4, 0.5) is 0 Å². The average Bonchev–Trinajstić information content (AvgIpc) is 3.15. The standard InChI is InChI=1S/C28H31N3O6/c32-28-29-27(37-19-20-17-35-25-3-1-2-4-26(25)36-18-20)16-24-23-6-5-22(15-21(23)7-8-31(24)28)34-14-11-30-9-12-33-13-10-30/h1-6,15-16,20H,7-14,17-19H2. The SMILES string of the molecule is O=c1nc(OCC2COc3ccccc3OC2)cc2n1CCc1cc(OCCN3CCOCC3)ccc1-2. The highest BCUT2D eigenvalue weighted by Crippen LogP contribution is 2.33. The normalized spacial score (nSPS) is 17.4. The van der Waals surface area contributed by atoms with Gasteiger partial charge in [0.1, 0.15) is 12.4 Å². The Labute approximate surface area is 215 Å². The summed E-state index contributed by atoms with van der Waals surface area (Å²) in [6.45, 7) is 6.85. The van der Waals surface area contributed by atoms with Crippen molar-refractivity contribution in [3.8, 4) is 34.4 Å². The predicted octanol–water partition coefficient (Wildman–Crippen LogP) is 2.64. The maximum Gasteiger partial charge on any atom is 0.351 e. The Balaban J connectivity index is 1.11. The molecule has 9 heteroatoms. The number of rotatable bonds is 7. The van der Waals surface area contributed by atoms with E-state index in [-0.39, 0.29) is 11.6 Å². The van der Waals surface area contributed by atoms with Gasteiger partial charge in [-0.2, -0.15) is 4.98 Å². The molecule has 3 aliphatic heterocycles. The van der Waals surface area contributed by atoms with Crippen LogP contribution < -0.4 is 24.6 Å². The molecule has 0 radical (unpaired) electrons. The lowest BCUT2D eigenvalue weighted by atomic mass is 9.97. The summed E-state index contributed by atoms with van der Waals surface area (Å²) in [5, 5.41) is 0. The van der Waals surface area contributed by atoms with Crippen LogP contribution in [0.2, 0.25) is 0 Å². The molecule has 194 valence electrons. The third kappa shape index (κ3) is 5.42. The Bertz CT molecular complexity index is 1280. The van der Waals surface area contributed by atoms with Crippen LogP contribution in [-0.2, 0) is 17.7 Å². The summed E-state index contributed by atoms with van der Waals surface area (Å²) in [6, 6.07) is 15.6. The van der Waals surface area contributed by atoms with Crippen molar-refractivity contribution in [1.29, 1.82) is 0 Å². The molecule has 2 aromatic carbocycles. The van der Waals surface area contributed by atoms with Gasteiger partial charge in [-0.25, -0.2) is 4.79 Å². The number of morpholine rings is 1. The third-order valence-electron chi connectivity index (χ3n) is 6.99. The van der Waals surface area contributed by atoms with Gasteiger partial charge in [0.25, 0.3) is 0 Å². The van der Waals surface area contributed by atoms with E-state index in [1.165, 1.54) is 0 Å². The van der Waals surface area contributed by atoms with Crippen LogP contribution in [0, 0.1) is 5.92 Å². The zero-order valence-corrected chi connectivity index (χ0v) is 20.8. The molecule has 37 heavy (non-hydrogen) atoms. The quantitative estimate of drug-likeness (QED) is 0.485. The highest BCUT2D eigenvalue weighted by molar-refractivity contribution is 5.67. The van der Waals surface area contributed by atoms with E-state index in [1.807, 2.05) is 42.5 Å². The zero-order valence-electron chi connectivity index (χ0n) is 20.8. The molecule has 1 aromatic heterocycles. The Kier molecular flexibility index (Phi) is 6.96. The van der Waals surface area contributed by atoms with Crippen molar-refractivity contribution in [3.63, 3.8) is 0 Å². The molecule has 0 atom stereocenters. The first-order valence-corrected chi connectivity index (χ1v) is 12.9. The third-order valence-corrected chi connectivity index (χ3v) is 6.99. The number of hydrogen-bond donors (Lipinski definition) is 0. The number of para-hydroxylation sites is 2. The maximum absolute atomic E-state index is 12.8. The van der Waals surface area contributed by atoms with Gasteiger partial charge in [-0.05, 0) is 42.3 Å². The van der Waals surface area contributed by atoms with Gasteiger partial charge in [0.2, 0.25) is 5.88 Å². The summed E-state index contributed by atoms with van der Waals surface area (Å²) >= 11 is 0. The van der Waals surface area contributed by atoms with Crippen LogP contribution in [0.3, 0.4) is 0 Å². The van der Waals surface area contributed by atoms with Gasteiger partial charge >= 0.3 is 5.69 Å². The molecule has 0 amide bonds. The Morgan fingerprint density at radius 1 is 0.946 bits per heavy atom. The van der Waals surface area contributed by atoms with Gasteiger partial charge in [0.05, 0.1) is 44.6 Å². The van der Waals surface area contributed by atoms with E-state index in [4.69, 9.17) is 23.7 Å². The van der Waals surface area contributed by atoms with Crippen LogP contribution in [0.5, 0.6) is 23.1 Å². The van der Waals surface area contributed by atoms with Crippen molar-refractivity contribution < 1.29 is 23.7 Å². The zero-order chi connectivity index (χ0) is 25.0. The molecule has 0 N–H and O–H groups in total. The minimum absolute atomic E-state index is 0.0115. The lowest BCUT2D eigenvalue weighted by Crippen LogP contribution is -2.38. The maximum atomic E-state index is 12.8. The van der Waals surface area contributed by atoms with Crippen molar-refractivity contribution >= 4 is 0 Å². The largest absolute Gasteiger partial charge is 0.492 e. The van der Waals surface area contributed by atoms with Crippen molar-refractivity contribution in [1.82, 2.24) is 14.5 Å². The van der Waals surface area contributed by atoms with Crippen LogP contribution in [-0.4, -0.2) is 73.7 Å². The Morgan fingerprint density at radius 2 is 1.73 bits per heavy atom. The van der Waals surface area contributed by atoms with Gasteiger partial charge in [-0.1, -0.05) is 12.1 Å². The van der Waals surface area contributed by atoms with Gasteiger partial charge in [-0.15, -0.1) is 0 Å². The van der Waals surface area contributed by atoms with Crippen LogP contribution in [0.1, 0.15) is 5.56 Å². The van der Waals surface area contributed by atoms with Gasteiger partial charge < -0.3 is 23.7 Å². The minimum Gasteiger partial charge on any atom is -0.492 e. The number of ether oxygens (including phenoxy) is 5. The van der Waals surface area contributed by atoms with Crippen LogP contribution in [0.15, 0.2) is 53.3 Å². The Hall–Kier alpha value is -3.56. The summed E-state index contributed by atoms with van der Waals surface area (Å²) in [6.07, 6.45) is 0.752. The molecule has 1 fully saturated rings. The number of fused-ring (bicyclic) bond motifs is 4. The number of nitrogens with zero attached hydrogens (tertiary/aromatic N) is 3. The smallest absolute Gasteiger partial charge is 0.351 e. The first-order valence-electron chi connectivity index (χ1n) is 12.9. The van der Waals surface area contributed by atoms with Crippen LogP contribution >= 0.6 is 0 Å².